The number of hydrogen-bond donors (Lipinski definition) is 2. The minimum absolute atomic E-state index is 0.0626. The quantitative estimate of drug-likeness (QED) is 0.728. The lowest BCUT2D eigenvalue weighted by Gasteiger charge is -2.17. The summed E-state index contributed by atoms with van der Waals surface area (Å²) >= 11 is 0. The van der Waals surface area contributed by atoms with Crippen LogP contribution in [0, 0.1) is 5.41 Å². The second-order valence-electron chi connectivity index (χ2n) is 5.27. The Morgan fingerprint density at radius 3 is 2.75 bits per heavy atom. The molecular weight excluding hydrogens is 204 g/mol. The normalized spacial score (nSPS) is 31.4. The van der Waals surface area contributed by atoms with Crippen LogP contribution in [0.5, 0.6) is 0 Å². The predicted octanol–water partition coefficient (Wildman–Crippen LogP) is 0.799. The third-order valence-corrected chi connectivity index (χ3v) is 3.79. The fraction of sp³-hybridized carbons (Fsp3) is 0.917. The molecule has 16 heavy (non-hydrogen) atoms. The zero-order valence-corrected chi connectivity index (χ0v) is 10.00. The van der Waals surface area contributed by atoms with Crippen LogP contribution in [-0.4, -0.2) is 31.2 Å². The van der Waals surface area contributed by atoms with E-state index in [9.17, 15) is 4.79 Å². The molecule has 0 aromatic carbocycles. The highest BCUT2D eigenvalue weighted by atomic mass is 16.5. The minimum Gasteiger partial charge on any atom is -0.365 e. The van der Waals surface area contributed by atoms with Crippen LogP contribution in [0.25, 0.3) is 0 Å². The van der Waals surface area contributed by atoms with E-state index in [1.165, 1.54) is 12.8 Å². The van der Waals surface area contributed by atoms with Gasteiger partial charge in [-0.15, -0.1) is 0 Å². The number of carbonyl (C=O) groups is 1. The van der Waals surface area contributed by atoms with Gasteiger partial charge in [0, 0.05) is 6.54 Å². The Morgan fingerprint density at radius 2 is 2.25 bits per heavy atom. The maximum atomic E-state index is 11.8. The Kier molecular flexibility index (Phi) is 3.50. The van der Waals surface area contributed by atoms with Gasteiger partial charge in [0.25, 0.3) is 0 Å². The molecule has 0 aromatic rings. The first-order valence-electron chi connectivity index (χ1n) is 6.28. The summed E-state index contributed by atoms with van der Waals surface area (Å²) in [5.41, 5.74) is 5.88. The number of rotatable bonds is 5. The van der Waals surface area contributed by atoms with E-state index in [4.69, 9.17) is 10.5 Å². The molecule has 1 amide bonds. The molecule has 2 rings (SSSR count). The van der Waals surface area contributed by atoms with E-state index in [0.717, 1.165) is 25.8 Å². The molecule has 1 heterocycles. The first kappa shape index (κ1) is 11.9. The fourth-order valence-electron chi connectivity index (χ4n) is 2.38. The molecule has 2 unspecified atom stereocenters. The second kappa shape index (κ2) is 4.72. The van der Waals surface area contributed by atoms with Gasteiger partial charge >= 0.3 is 0 Å². The molecule has 3 N–H and O–H groups in total. The van der Waals surface area contributed by atoms with Crippen LogP contribution in [0.3, 0.4) is 0 Å². The van der Waals surface area contributed by atoms with Gasteiger partial charge < -0.3 is 15.8 Å². The molecular formula is C12H22N2O2. The predicted molar refractivity (Wildman–Crippen MR) is 61.9 cm³/mol. The van der Waals surface area contributed by atoms with Crippen molar-refractivity contribution in [3.8, 4) is 0 Å². The van der Waals surface area contributed by atoms with Crippen molar-refractivity contribution >= 4 is 5.91 Å². The molecule has 1 aliphatic carbocycles. The highest BCUT2D eigenvalue weighted by Gasteiger charge is 2.42. The Labute approximate surface area is 96.9 Å². The maximum absolute atomic E-state index is 11.8. The van der Waals surface area contributed by atoms with Gasteiger partial charge in [-0.05, 0) is 51.0 Å². The molecule has 4 heteroatoms. The summed E-state index contributed by atoms with van der Waals surface area (Å²) in [6.45, 7) is 3.51. The smallest absolute Gasteiger partial charge is 0.249 e. The average molecular weight is 226 g/mol. The molecule has 1 saturated heterocycles. The van der Waals surface area contributed by atoms with Gasteiger partial charge in [-0.2, -0.15) is 0 Å². The lowest BCUT2D eigenvalue weighted by atomic mass is 10.0. The monoisotopic (exact) mass is 226 g/mol. The first-order chi connectivity index (χ1) is 7.65. The number of hydrogen-bond acceptors (Lipinski definition) is 3. The van der Waals surface area contributed by atoms with E-state index < -0.39 is 0 Å². The molecule has 0 bridgehead atoms. The van der Waals surface area contributed by atoms with Gasteiger partial charge in [0.2, 0.25) is 5.91 Å². The Bertz CT molecular complexity index is 264. The van der Waals surface area contributed by atoms with Crippen LogP contribution in [0.1, 0.15) is 39.0 Å². The number of ether oxygens (including phenoxy) is 1. The summed E-state index contributed by atoms with van der Waals surface area (Å²) < 4.78 is 5.53. The molecule has 1 aliphatic heterocycles. The molecule has 1 saturated carbocycles. The first-order valence-corrected chi connectivity index (χ1v) is 6.28. The Balaban J connectivity index is 1.72. The summed E-state index contributed by atoms with van der Waals surface area (Å²) in [5.74, 6) is 0.0626. The molecule has 4 nitrogen and oxygen atoms in total. The van der Waals surface area contributed by atoms with Crippen molar-refractivity contribution in [2.24, 2.45) is 11.1 Å². The summed E-state index contributed by atoms with van der Waals surface area (Å²) in [5, 5.41) is 3.01. The van der Waals surface area contributed by atoms with Crippen molar-refractivity contribution in [3.05, 3.63) is 0 Å². The molecule has 2 aliphatic rings. The number of amides is 1. The average Bonchev–Trinajstić information content (AvgIpc) is 2.89. The summed E-state index contributed by atoms with van der Waals surface area (Å²) in [4.78, 5) is 11.8. The van der Waals surface area contributed by atoms with E-state index in [0.29, 0.717) is 12.0 Å². The van der Waals surface area contributed by atoms with Crippen molar-refractivity contribution in [2.45, 2.75) is 51.2 Å². The molecule has 2 fully saturated rings. The largest absolute Gasteiger partial charge is 0.365 e. The standard InChI is InChI=1S/C12H22N2O2/c1-9-2-3-10(16-9)11(15)14-8-12(4-5-12)6-7-13/h9-10H,2-8,13H2,1H3,(H,14,15). The van der Waals surface area contributed by atoms with Gasteiger partial charge in [0.15, 0.2) is 0 Å². The van der Waals surface area contributed by atoms with Crippen molar-refractivity contribution in [3.63, 3.8) is 0 Å². The van der Waals surface area contributed by atoms with Gasteiger partial charge in [-0.3, -0.25) is 4.79 Å². The number of carbonyl (C=O) groups excluding carboxylic acids is 1. The van der Waals surface area contributed by atoms with E-state index in [-0.39, 0.29) is 18.1 Å². The van der Waals surface area contributed by atoms with E-state index in [1.807, 2.05) is 6.92 Å². The van der Waals surface area contributed by atoms with Crippen LogP contribution < -0.4 is 11.1 Å². The molecule has 92 valence electrons. The topological polar surface area (TPSA) is 64.4 Å². The van der Waals surface area contributed by atoms with Crippen LogP contribution in [0.15, 0.2) is 0 Å². The van der Waals surface area contributed by atoms with E-state index in [1.54, 1.807) is 0 Å². The van der Waals surface area contributed by atoms with Crippen LogP contribution in [0.4, 0.5) is 0 Å². The second-order valence-corrected chi connectivity index (χ2v) is 5.27. The SMILES string of the molecule is CC1CCC(C(=O)NCC2(CCN)CC2)O1. The maximum Gasteiger partial charge on any atom is 0.249 e. The van der Waals surface area contributed by atoms with Crippen molar-refractivity contribution < 1.29 is 9.53 Å². The van der Waals surface area contributed by atoms with Crippen LogP contribution >= 0.6 is 0 Å². The number of nitrogens with one attached hydrogen (secondary N) is 1. The van der Waals surface area contributed by atoms with Crippen molar-refractivity contribution in [1.29, 1.82) is 0 Å². The van der Waals surface area contributed by atoms with Gasteiger partial charge in [-0.1, -0.05) is 0 Å². The molecule has 0 aromatic heterocycles. The third-order valence-electron chi connectivity index (χ3n) is 3.79. The summed E-state index contributed by atoms with van der Waals surface area (Å²) in [7, 11) is 0. The molecule has 0 radical (unpaired) electrons. The van der Waals surface area contributed by atoms with Crippen LogP contribution in [0.2, 0.25) is 0 Å². The van der Waals surface area contributed by atoms with Crippen molar-refractivity contribution in [2.75, 3.05) is 13.1 Å². The summed E-state index contributed by atoms with van der Waals surface area (Å²) in [6, 6.07) is 0. The van der Waals surface area contributed by atoms with Gasteiger partial charge in [0.1, 0.15) is 6.10 Å². The van der Waals surface area contributed by atoms with Crippen LogP contribution in [-0.2, 0) is 9.53 Å². The summed E-state index contributed by atoms with van der Waals surface area (Å²) in [6.07, 6.45) is 5.29. The molecule has 0 spiro atoms. The third kappa shape index (κ3) is 2.74. The Morgan fingerprint density at radius 1 is 1.50 bits per heavy atom. The van der Waals surface area contributed by atoms with E-state index >= 15 is 0 Å². The van der Waals surface area contributed by atoms with Gasteiger partial charge in [-0.25, -0.2) is 0 Å². The lowest BCUT2D eigenvalue weighted by molar-refractivity contribution is -0.132. The minimum atomic E-state index is -0.219. The fourth-order valence-corrected chi connectivity index (χ4v) is 2.38. The lowest BCUT2D eigenvalue weighted by Crippen LogP contribution is -2.38. The van der Waals surface area contributed by atoms with E-state index in [2.05, 4.69) is 5.32 Å². The number of nitrogens with two attached hydrogens (primary N) is 1. The highest BCUT2D eigenvalue weighted by Crippen LogP contribution is 2.47. The van der Waals surface area contributed by atoms with Crippen molar-refractivity contribution in [1.82, 2.24) is 5.32 Å². The zero-order valence-electron chi connectivity index (χ0n) is 10.00. The molecule has 2 atom stereocenters. The zero-order chi connectivity index (χ0) is 11.6. The van der Waals surface area contributed by atoms with Gasteiger partial charge in [0.05, 0.1) is 6.10 Å². The highest BCUT2D eigenvalue weighted by molar-refractivity contribution is 5.81. The Hall–Kier alpha value is -0.610.